The second-order valence-electron chi connectivity index (χ2n) is 8.92. The molecule has 4 nitrogen and oxygen atoms in total. The van der Waals surface area contributed by atoms with Gasteiger partial charge in [-0.2, -0.15) is 0 Å². The largest absolute Gasteiger partial charge is 0.354 e. The van der Waals surface area contributed by atoms with Crippen LogP contribution in [0.1, 0.15) is 42.0 Å². The van der Waals surface area contributed by atoms with Gasteiger partial charge >= 0.3 is 0 Å². The third-order valence-electron chi connectivity index (χ3n) is 6.11. The van der Waals surface area contributed by atoms with Crippen LogP contribution in [0.2, 0.25) is 0 Å². The zero-order valence-electron chi connectivity index (χ0n) is 21.1. The van der Waals surface area contributed by atoms with Crippen molar-refractivity contribution < 1.29 is 9.59 Å². The second kappa shape index (κ2) is 14.9. The molecule has 1 N–H and O–H groups in total. The van der Waals surface area contributed by atoms with Crippen LogP contribution in [0, 0.1) is 6.92 Å². The highest BCUT2D eigenvalue weighted by Gasteiger charge is 2.30. The first-order valence-electron chi connectivity index (χ1n) is 12.5. The van der Waals surface area contributed by atoms with Gasteiger partial charge in [0.1, 0.15) is 6.04 Å². The summed E-state index contributed by atoms with van der Waals surface area (Å²) in [6, 6.07) is 25.6. The normalized spacial score (nSPS) is 11.6. The number of carbonyl (C=O) groups excluding carboxylic acids is 2. The minimum atomic E-state index is -0.579. The number of halogens is 1. The highest BCUT2D eigenvalue weighted by Crippen LogP contribution is 2.20. The Labute approximate surface area is 228 Å². The molecule has 0 saturated heterocycles. The van der Waals surface area contributed by atoms with Crippen molar-refractivity contribution in [3.63, 3.8) is 0 Å². The van der Waals surface area contributed by atoms with Gasteiger partial charge in [0.15, 0.2) is 0 Å². The number of benzene rings is 3. The van der Waals surface area contributed by atoms with E-state index in [1.54, 1.807) is 16.7 Å². The molecular formula is C30H35BrN2O2S. The summed E-state index contributed by atoms with van der Waals surface area (Å²) in [7, 11) is 0. The molecule has 0 saturated carbocycles. The maximum atomic E-state index is 13.7. The Morgan fingerprint density at radius 3 is 2.33 bits per heavy atom. The van der Waals surface area contributed by atoms with E-state index in [0.717, 1.165) is 39.8 Å². The summed E-state index contributed by atoms with van der Waals surface area (Å²) < 4.78 is 1.04. The molecule has 1 atom stereocenters. The Morgan fingerprint density at radius 2 is 1.64 bits per heavy atom. The van der Waals surface area contributed by atoms with Gasteiger partial charge < -0.3 is 10.2 Å². The third kappa shape index (κ3) is 8.82. The number of rotatable bonds is 13. The molecular weight excluding hydrogens is 532 g/mol. The fraction of sp³-hybridized carbons (Fsp3) is 0.333. The molecule has 0 fully saturated rings. The lowest BCUT2D eigenvalue weighted by Crippen LogP contribution is -2.51. The van der Waals surface area contributed by atoms with Crippen molar-refractivity contribution in [2.75, 3.05) is 12.3 Å². The van der Waals surface area contributed by atoms with E-state index < -0.39 is 6.04 Å². The van der Waals surface area contributed by atoms with Crippen molar-refractivity contribution in [2.24, 2.45) is 0 Å². The fourth-order valence-corrected chi connectivity index (χ4v) is 5.09. The lowest BCUT2D eigenvalue weighted by Gasteiger charge is -2.32. The number of thioether (sulfide) groups is 1. The average molecular weight is 568 g/mol. The number of aryl methyl sites for hydroxylation is 1. The molecule has 0 unspecified atom stereocenters. The zero-order chi connectivity index (χ0) is 25.8. The van der Waals surface area contributed by atoms with E-state index in [9.17, 15) is 9.59 Å². The highest BCUT2D eigenvalue weighted by molar-refractivity contribution is 9.10. The monoisotopic (exact) mass is 566 g/mol. The van der Waals surface area contributed by atoms with Gasteiger partial charge in [-0.15, -0.1) is 11.8 Å². The molecule has 0 aliphatic heterocycles. The van der Waals surface area contributed by atoms with E-state index in [4.69, 9.17) is 0 Å². The Bertz CT molecular complexity index is 1110. The molecule has 3 aromatic carbocycles. The summed E-state index contributed by atoms with van der Waals surface area (Å²) in [5, 5.41) is 3.08. The number of nitrogens with one attached hydrogen (secondary N) is 1. The molecule has 36 heavy (non-hydrogen) atoms. The number of amides is 2. The van der Waals surface area contributed by atoms with E-state index in [2.05, 4.69) is 40.3 Å². The summed E-state index contributed by atoms with van der Waals surface area (Å²) in [6.45, 7) is 5.17. The Hall–Kier alpha value is -2.57. The van der Waals surface area contributed by atoms with Gasteiger partial charge in [-0.05, 0) is 47.7 Å². The van der Waals surface area contributed by atoms with Gasteiger partial charge in [0, 0.05) is 29.7 Å². The number of unbranched alkanes of at least 4 members (excludes halogenated alkanes) is 1. The van der Waals surface area contributed by atoms with Crippen LogP contribution >= 0.6 is 27.7 Å². The molecule has 2 amide bonds. The quantitative estimate of drug-likeness (QED) is 0.239. The van der Waals surface area contributed by atoms with E-state index in [0.29, 0.717) is 25.3 Å². The molecule has 0 spiro atoms. The van der Waals surface area contributed by atoms with Gasteiger partial charge in [-0.25, -0.2) is 0 Å². The molecule has 3 aromatic rings. The first kappa shape index (κ1) is 28.0. The molecule has 0 radical (unpaired) electrons. The van der Waals surface area contributed by atoms with Gasteiger partial charge in [-0.3, -0.25) is 9.59 Å². The molecule has 3 rings (SSSR count). The summed E-state index contributed by atoms with van der Waals surface area (Å²) in [4.78, 5) is 28.9. The smallest absolute Gasteiger partial charge is 0.243 e. The standard InChI is InChI=1S/C30H35BrN2O2S/c1-3-4-18-32-30(35)28(19-24-11-6-5-7-12-24)33(20-26-13-9-8-10-23(26)2)29(34)22-36-21-25-14-16-27(31)17-15-25/h5-17,28H,3-4,18-22H2,1-2H3,(H,32,35)/t28-/m0/s1. The maximum Gasteiger partial charge on any atom is 0.243 e. The van der Waals surface area contributed by atoms with Crippen molar-refractivity contribution in [3.8, 4) is 0 Å². The van der Waals surface area contributed by atoms with Gasteiger partial charge in [0.25, 0.3) is 0 Å². The lowest BCUT2D eigenvalue weighted by molar-refractivity contribution is -0.139. The van der Waals surface area contributed by atoms with Crippen LogP contribution in [0.15, 0.2) is 83.3 Å². The maximum absolute atomic E-state index is 13.7. The van der Waals surface area contributed by atoms with Crippen molar-refractivity contribution in [2.45, 2.75) is 51.4 Å². The first-order valence-corrected chi connectivity index (χ1v) is 14.4. The first-order chi connectivity index (χ1) is 17.5. The SMILES string of the molecule is CCCCNC(=O)[C@H](Cc1ccccc1)N(Cc1ccccc1C)C(=O)CSCc1ccc(Br)cc1. The van der Waals surface area contributed by atoms with Crippen LogP contribution in [0.3, 0.4) is 0 Å². The van der Waals surface area contributed by atoms with Crippen LogP contribution in [-0.4, -0.2) is 35.1 Å². The Balaban J connectivity index is 1.83. The minimum absolute atomic E-state index is 0.0214. The summed E-state index contributed by atoms with van der Waals surface area (Å²) in [6.07, 6.45) is 2.40. The average Bonchev–Trinajstić information content (AvgIpc) is 2.89. The molecule has 0 aliphatic rings. The molecule has 0 heterocycles. The summed E-state index contributed by atoms with van der Waals surface area (Å²) in [5.41, 5.74) is 4.38. The molecule has 6 heteroatoms. The predicted molar refractivity (Wildman–Crippen MR) is 154 cm³/mol. The van der Waals surface area contributed by atoms with Crippen molar-refractivity contribution in [3.05, 3.63) is 106 Å². The van der Waals surface area contributed by atoms with Gasteiger partial charge in [0.05, 0.1) is 5.75 Å². The number of carbonyl (C=O) groups is 2. The fourth-order valence-electron chi connectivity index (χ4n) is 3.95. The molecule has 0 aromatic heterocycles. The van der Waals surface area contributed by atoms with E-state index >= 15 is 0 Å². The van der Waals surface area contributed by atoms with Crippen LogP contribution in [0.5, 0.6) is 0 Å². The van der Waals surface area contributed by atoms with E-state index in [1.807, 2.05) is 73.7 Å². The Morgan fingerprint density at radius 1 is 0.944 bits per heavy atom. The van der Waals surface area contributed by atoms with Crippen molar-refractivity contribution >= 4 is 39.5 Å². The lowest BCUT2D eigenvalue weighted by atomic mass is 10.0. The minimum Gasteiger partial charge on any atom is -0.354 e. The second-order valence-corrected chi connectivity index (χ2v) is 10.8. The Kier molecular flexibility index (Phi) is 11.6. The van der Waals surface area contributed by atoms with Crippen molar-refractivity contribution in [1.29, 1.82) is 0 Å². The van der Waals surface area contributed by atoms with E-state index in [-0.39, 0.29) is 11.8 Å². The third-order valence-corrected chi connectivity index (χ3v) is 7.63. The molecule has 0 bridgehead atoms. The number of nitrogens with zero attached hydrogens (tertiary/aromatic N) is 1. The summed E-state index contributed by atoms with van der Waals surface area (Å²) in [5.74, 6) is 0.942. The zero-order valence-corrected chi connectivity index (χ0v) is 23.5. The highest BCUT2D eigenvalue weighted by atomic mass is 79.9. The van der Waals surface area contributed by atoms with Gasteiger partial charge in [0.2, 0.25) is 11.8 Å². The molecule has 190 valence electrons. The summed E-state index contributed by atoms with van der Waals surface area (Å²) >= 11 is 5.05. The van der Waals surface area contributed by atoms with Gasteiger partial charge in [-0.1, -0.05) is 96.0 Å². The predicted octanol–water partition coefficient (Wildman–Crippen LogP) is 6.55. The van der Waals surface area contributed by atoms with Crippen LogP contribution in [0.25, 0.3) is 0 Å². The van der Waals surface area contributed by atoms with Crippen LogP contribution in [-0.2, 0) is 28.3 Å². The molecule has 0 aliphatic carbocycles. The van der Waals surface area contributed by atoms with Crippen molar-refractivity contribution in [1.82, 2.24) is 10.2 Å². The van der Waals surface area contributed by atoms with E-state index in [1.165, 1.54) is 5.56 Å². The van der Waals surface area contributed by atoms with Crippen LogP contribution in [0.4, 0.5) is 0 Å². The number of hydrogen-bond acceptors (Lipinski definition) is 3. The number of hydrogen-bond donors (Lipinski definition) is 1. The topological polar surface area (TPSA) is 49.4 Å². The van der Waals surface area contributed by atoms with Crippen LogP contribution < -0.4 is 5.32 Å².